The smallest absolute Gasteiger partial charge is 0.137 e. The van der Waals surface area contributed by atoms with E-state index in [0.717, 1.165) is 28.8 Å². The predicted molar refractivity (Wildman–Crippen MR) is 81.8 cm³/mol. The topological polar surface area (TPSA) is 38.3 Å². The highest BCUT2D eigenvalue weighted by atomic mass is 79.9. The minimum Gasteiger partial charge on any atom is -0.497 e. The van der Waals surface area contributed by atoms with Crippen LogP contribution in [0.25, 0.3) is 0 Å². The molecule has 0 bridgehead atoms. The van der Waals surface area contributed by atoms with Crippen molar-refractivity contribution < 1.29 is 9.53 Å². The molecule has 4 heteroatoms. The number of Topliss-reactive ketones (excluding diaryl/α,β-unsaturated/α-hetero) is 1. The lowest BCUT2D eigenvalue weighted by atomic mass is 10.1. The molecular formula is C15H22BrNO2. The van der Waals surface area contributed by atoms with E-state index in [4.69, 9.17) is 4.74 Å². The molecule has 0 saturated heterocycles. The average Bonchev–Trinajstić information content (AvgIpc) is 2.37. The molecule has 0 aromatic heterocycles. The van der Waals surface area contributed by atoms with Crippen LogP contribution < -0.4 is 10.1 Å². The number of methoxy groups -OCH3 is 1. The fourth-order valence-corrected chi connectivity index (χ4v) is 2.18. The van der Waals surface area contributed by atoms with E-state index in [1.165, 1.54) is 0 Å². The van der Waals surface area contributed by atoms with Crippen molar-refractivity contribution in [1.29, 1.82) is 0 Å². The average molecular weight is 328 g/mol. The van der Waals surface area contributed by atoms with E-state index >= 15 is 0 Å². The van der Waals surface area contributed by atoms with Gasteiger partial charge in [-0.15, -0.1) is 0 Å². The second-order valence-electron chi connectivity index (χ2n) is 4.89. The minimum absolute atomic E-state index is 0.263. The highest BCUT2D eigenvalue weighted by molar-refractivity contribution is 9.10. The molecule has 0 aliphatic carbocycles. The molecule has 106 valence electrons. The van der Waals surface area contributed by atoms with E-state index in [2.05, 4.69) is 35.1 Å². The maximum Gasteiger partial charge on any atom is 0.137 e. The molecule has 0 fully saturated rings. The van der Waals surface area contributed by atoms with Crippen molar-refractivity contribution in [3.05, 3.63) is 28.2 Å². The molecule has 0 spiro atoms. The molecule has 0 amide bonds. The third kappa shape index (κ3) is 6.21. The fraction of sp³-hybridized carbons (Fsp3) is 0.533. The summed E-state index contributed by atoms with van der Waals surface area (Å²) in [7, 11) is 1.63. The lowest BCUT2D eigenvalue weighted by molar-refractivity contribution is -0.118. The zero-order valence-electron chi connectivity index (χ0n) is 11.8. The van der Waals surface area contributed by atoms with Crippen LogP contribution in [0.15, 0.2) is 22.7 Å². The Hall–Kier alpha value is -0.870. The molecule has 1 rings (SSSR count). The Labute approximate surface area is 123 Å². The third-order valence-corrected chi connectivity index (χ3v) is 3.60. The highest BCUT2D eigenvalue weighted by Crippen LogP contribution is 2.23. The first-order valence-electron chi connectivity index (χ1n) is 6.60. The van der Waals surface area contributed by atoms with Gasteiger partial charge in [-0.2, -0.15) is 0 Å². The predicted octanol–water partition coefficient (Wildman–Crippen LogP) is 3.35. The van der Waals surface area contributed by atoms with Gasteiger partial charge in [-0.05, 0) is 36.7 Å². The van der Waals surface area contributed by atoms with Crippen LogP contribution in [-0.2, 0) is 11.2 Å². The van der Waals surface area contributed by atoms with Gasteiger partial charge in [0.1, 0.15) is 11.5 Å². The number of benzene rings is 1. The van der Waals surface area contributed by atoms with Crippen LogP contribution in [0.2, 0.25) is 0 Å². The highest BCUT2D eigenvalue weighted by Gasteiger charge is 2.08. The molecule has 19 heavy (non-hydrogen) atoms. The van der Waals surface area contributed by atoms with Crippen LogP contribution in [0.3, 0.4) is 0 Å². The van der Waals surface area contributed by atoms with Gasteiger partial charge in [0.15, 0.2) is 0 Å². The van der Waals surface area contributed by atoms with Crippen LogP contribution in [-0.4, -0.2) is 25.5 Å². The lowest BCUT2D eigenvalue weighted by Crippen LogP contribution is -2.24. The van der Waals surface area contributed by atoms with Gasteiger partial charge in [0.2, 0.25) is 0 Å². The second kappa shape index (κ2) is 8.33. The van der Waals surface area contributed by atoms with Gasteiger partial charge in [0.05, 0.1) is 7.11 Å². The van der Waals surface area contributed by atoms with Gasteiger partial charge < -0.3 is 10.1 Å². The van der Waals surface area contributed by atoms with Crippen molar-refractivity contribution in [2.45, 2.75) is 39.2 Å². The van der Waals surface area contributed by atoms with Gasteiger partial charge in [-0.1, -0.05) is 29.8 Å². The minimum atomic E-state index is 0.263. The first-order chi connectivity index (χ1) is 9.02. The maximum atomic E-state index is 11.9. The number of rotatable bonds is 8. The fourth-order valence-electron chi connectivity index (χ4n) is 1.79. The summed E-state index contributed by atoms with van der Waals surface area (Å²) in [6, 6.07) is 6.18. The first kappa shape index (κ1) is 16.2. The van der Waals surface area contributed by atoms with Gasteiger partial charge in [-0.25, -0.2) is 0 Å². The Bertz CT molecular complexity index is 419. The van der Waals surface area contributed by atoms with Crippen LogP contribution in [0, 0.1) is 0 Å². The zero-order chi connectivity index (χ0) is 14.3. The Kier molecular flexibility index (Phi) is 7.10. The molecule has 1 aromatic rings. The van der Waals surface area contributed by atoms with Gasteiger partial charge >= 0.3 is 0 Å². The summed E-state index contributed by atoms with van der Waals surface area (Å²) in [6.45, 7) is 5.10. The van der Waals surface area contributed by atoms with Gasteiger partial charge in [-0.3, -0.25) is 4.79 Å². The third-order valence-electron chi connectivity index (χ3n) is 2.83. The van der Waals surface area contributed by atoms with Crippen molar-refractivity contribution >= 4 is 21.7 Å². The Morgan fingerprint density at radius 1 is 1.42 bits per heavy atom. The summed E-state index contributed by atoms with van der Waals surface area (Å²) >= 11 is 3.47. The van der Waals surface area contributed by atoms with Crippen molar-refractivity contribution in [2.75, 3.05) is 13.7 Å². The summed E-state index contributed by atoms with van der Waals surface area (Å²) in [6.07, 6.45) is 1.96. The second-order valence-corrected chi connectivity index (χ2v) is 5.74. The number of ether oxygens (including phenoxy) is 1. The molecule has 0 heterocycles. The molecule has 3 nitrogen and oxygen atoms in total. The van der Waals surface area contributed by atoms with Crippen LogP contribution in [0.1, 0.15) is 32.3 Å². The normalized spacial score (nSPS) is 10.8. The first-order valence-corrected chi connectivity index (χ1v) is 7.39. The van der Waals surface area contributed by atoms with Crippen LogP contribution in [0.5, 0.6) is 5.75 Å². The van der Waals surface area contributed by atoms with Crippen molar-refractivity contribution in [3.8, 4) is 5.75 Å². The number of halogens is 1. The quantitative estimate of drug-likeness (QED) is 0.744. The summed E-state index contributed by atoms with van der Waals surface area (Å²) < 4.78 is 6.13. The number of nitrogens with one attached hydrogen (secondary N) is 1. The Morgan fingerprint density at radius 3 is 2.79 bits per heavy atom. The summed E-state index contributed by atoms with van der Waals surface area (Å²) in [5, 5.41) is 3.31. The molecular weight excluding hydrogens is 306 g/mol. The Morgan fingerprint density at radius 2 is 2.16 bits per heavy atom. The van der Waals surface area contributed by atoms with E-state index in [1.54, 1.807) is 7.11 Å². The van der Waals surface area contributed by atoms with E-state index in [9.17, 15) is 4.79 Å². The van der Waals surface area contributed by atoms with E-state index in [1.807, 2.05) is 18.2 Å². The summed E-state index contributed by atoms with van der Waals surface area (Å²) in [5.74, 6) is 1.05. The number of ketones is 1. The molecule has 1 N–H and O–H groups in total. The number of carbonyl (C=O) groups is 1. The van der Waals surface area contributed by atoms with Crippen LogP contribution >= 0.6 is 15.9 Å². The molecule has 0 unspecified atom stereocenters. The summed E-state index contributed by atoms with van der Waals surface area (Å²) in [4.78, 5) is 11.9. The molecule has 0 saturated carbocycles. The SMILES string of the molecule is COc1ccc(Br)c(CC(=O)CCCNC(C)C)c1. The van der Waals surface area contributed by atoms with Crippen LogP contribution in [0.4, 0.5) is 0 Å². The molecule has 0 aliphatic heterocycles. The molecule has 0 aliphatic rings. The van der Waals surface area contributed by atoms with Crippen molar-refractivity contribution in [2.24, 2.45) is 0 Å². The van der Waals surface area contributed by atoms with E-state index < -0.39 is 0 Å². The van der Waals surface area contributed by atoms with Gasteiger partial charge in [0, 0.05) is 23.4 Å². The van der Waals surface area contributed by atoms with E-state index in [0.29, 0.717) is 18.9 Å². The lowest BCUT2D eigenvalue weighted by Gasteiger charge is -2.08. The van der Waals surface area contributed by atoms with Crippen molar-refractivity contribution in [1.82, 2.24) is 5.32 Å². The van der Waals surface area contributed by atoms with Gasteiger partial charge in [0.25, 0.3) is 0 Å². The molecule has 1 aromatic carbocycles. The zero-order valence-corrected chi connectivity index (χ0v) is 13.4. The number of hydrogen-bond donors (Lipinski definition) is 1. The Balaban J connectivity index is 2.43. The number of carbonyl (C=O) groups excluding carboxylic acids is 1. The van der Waals surface area contributed by atoms with E-state index in [-0.39, 0.29) is 5.78 Å². The largest absolute Gasteiger partial charge is 0.497 e. The number of hydrogen-bond acceptors (Lipinski definition) is 3. The molecule has 0 atom stereocenters. The monoisotopic (exact) mass is 327 g/mol. The summed E-state index contributed by atoms with van der Waals surface area (Å²) in [5.41, 5.74) is 0.987. The molecule has 0 radical (unpaired) electrons. The standard InChI is InChI=1S/C15H22BrNO2/c1-11(2)17-8-4-5-13(18)9-12-10-14(19-3)6-7-15(12)16/h6-7,10-11,17H,4-5,8-9H2,1-3H3. The van der Waals surface area contributed by atoms with Crippen molar-refractivity contribution in [3.63, 3.8) is 0 Å². The maximum absolute atomic E-state index is 11.9.